The zero-order valence-electron chi connectivity index (χ0n) is 13.5. The predicted octanol–water partition coefficient (Wildman–Crippen LogP) is 2.62. The highest BCUT2D eigenvalue weighted by molar-refractivity contribution is 5.37. The van der Waals surface area contributed by atoms with Crippen LogP contribution in [0.1, 0.15) is 36.9 Å². The fourth-order valence-electron chi connectivity index (χ4n) is 3.95. The molecule has 3 unspecified atom stereocenters. The first kappa shape index (κ1) is 15.0. The summed E-state index contributed by atoms with van der Waals surface area (Å²) in [5, 5.41) is 3.56. The molecule has 1 fully saturated rings. The van der Waals surface area contributed by atoms with Gasteiger partial charge in [0.15, 0.2) is 0 Å². The summed E-state index contributed by atoms with van der Waals surface area (Å²) in [5.74, 6) is 0.892. The summed E-state index contributed by atoms with van der Waals surface area (Å²) in [4.78, 5) is 2.70. The number of hydrogen-bond acceptors (Lipinski definition) is 3. The third-order valence-corrected chi connectivity index (χ3v) is 5.32. The highest BCUT2D eigenvalue weighted by Crippen LogP contribution is 2.40. The molecule has 0 amide bonds. The first-order chi connectivity index (χ1) is 10.3. The minimum Gasteiger partial charge on any atom is -0.383 e. The Morgan fingerprint density at radius 3 is 2.76 bits per heavy atom. The molecule has 3 nitrogen and oxygen atoms in total. The van der Waals surface area contributed by atoms with Gasteiger partial charge >= 0.3 is 0 Å². The zero-order valence-corrected chi connectivity index (χ0v) is 13.5. The number of hydrogen-bond donors (Lipinski definition) is 1. The third kappa shape index (κ3) is 3.01. The molecular weight excluding hydrogens is 260 g/mol. The van der Waals surface area contributed by atoms with E-state index in [0.717, 1.165) is 25.5 Å². The lowest BCUT2D eigenvalue weighted by molar-refractivity contribution is 0.0702. The van der Waals surface area contributed by atoms with Gasteiger partial charge in [-0.25, -0.2) is 0 Å². The van der Waals surface area contributed by atoms with E-state index in [1.54, 1.807) is 7.11 Å². The van der Waals surface area contributed by atoms with Gasteiger partial charge in [-0.2, -0.15) is 0 Å². The Bertz CT molecular complexity index is 472. The molecule has 3 rings (SSSR count). The monoisotopic (exact) mass is 288 g/mol. The molecule has 0 bridgehead atoms. The molecule has 1 N–H and O–H groups in total. The maximum atomic E-state index is 5.37. The quantitative estimate of drug-likeness (QED) is 0.835. The highest BCUT2D eigenvalue weighted by Gasteiger charge is 2.40. The first-order valence-electron chi connectivity index (χ1n) is 8.26. The van der Waals surface area contributed by atoms with E-state index in [-0.39, 0.29) is 0 Å². The second kappa shape index (κ2) is 6.47. The van der Waals surface area contributed by atoms with Crippen molar-refractivity contribution >= 4 is 0 Å². The van der Waals surface area contributed by atoms with Crippen LogP contribution in [-0.4, -0.2) is 44.3 Å². The van der Waals surface area contributed by atoms with Crippen LogP contribution in [0.4, 0.5) is 0 Å². The van der Waals surface area contributed by atoms with Crippen molar-refractivity contribution in [2.45, 2.75) is 44.3 Å². The van der Waals surface area contributed by atoms with E-state index in [1.807, 2.05) is 0 Å². The van der Waals surface area contributed by atoms with E-state index < -0.39 is 0 Å². The zero-order chi connectivity index (χ0) is 14.8. The van der Waals surface area contributed by atoms with Gasteiger partial charge in [0.05, 0.1) is 6.61 Å². The molecule has 3 atom stereocenters. The Morgan fingerprint density at radius 1 is 1.33 bits per heavy atom. The van der Waals surface area contributed by atoms with Crippen molar-refractivity contribution in [2.24, 2.45) is 5.92 Å². The average molecular weight is 288 g/mol. The maximum Gasteiger partial charge on any atom is 0.0589 e. The minimum absolute atomic E-state index is 0.444. The van der Waals surface area contributed by atoms with Crippen molar-refractivity contribution in [2.75, 3.05) is 27.3 Å². The van der Waals surface area contributed by atoms with Crippen LogP contribution >= 0.6 is 0 Å². The van der Waals surface area contributed by atoms with E-state index in [9.17, 15) is 0 Å². The molecule has 0 heterocycles. The third-order valence-electron chi connectivity index (χ3n) is 5.32. The van der Waals surface area contributed by atoms with Gasteiger partial charge in [0.25, 0.3) is 0 Å². The maximum absolute atomic E-state index is 5.37. The Balaban J connectivity index is 1.81. The van der Waals surface area contributed by atoms with E-state index in [4.69, 9.17) is 4.74 Å². The van der Waals surface area contributed by atoms with Crippen LogP contribution in [0, 0.1) is 5.92 Å². The first-order valence-corrected chi connectivity index (χ1v) is 8.26. The van der Waals surface area contributed by atoms with E-state index in [0.29, 0.717) is 18.1 Å². The lowest BCUT2D eigenvalue weighted by Gasteiger charge is -2.38. The topological polar surface area (TPSA) is 24.5 Å². The summed E-state index contributed by atoms with van der Waals surface area (Å²) >= 11 is 0. The highest BCUT2D eigenvalue weighted by atomic mass is 16.5. The summed E-state index contributed by atoms with van der Waals surface area (Å²) in [6.45, 7) is 4.26. The SMILES string of the molecule is CNC1c2ccccc2CC1N(CCOC)C(C)C1CC1. The number of nitrogens with zero attached hydrogens (tertiary/aromatic N) is 1. The lowest BCUT2D eigenvalue weighted by Crippen LogP contribution is -2.49. The molecule has 1 aromatic rings. The predicted molar refractivity (Wildman–Crippen MR) is 86.5 cm³/mol. The summed E-state index contributed by atoms with van der Waals surface area (Å²) in [6.07, 6.45) is 3.95. The number of nitrogens with one attached hydrogen (secondary N) is 1. The number of ether oxygens (including phenoxy) is 1. The summed E-state index contributed by atoms with van der Waals surface area (Å²) < 4.78 is 5.37. The van der Waals surface area contributed by atoms with E-state index >= 15 is 0 Å². The average Bonchev–Trinajstić information content (AvgIpc) is 3.28. The van der Waals surface area contributed by atoms with Gasteiger partial charge < -0.3 is 10.1 Å². The summed E-state index contributed by atoms with van der Waals surface area (Å²) in [6, 6.07) is 10.6. The number of rotatable bonds is 7. The van der Waals surface area contributed by atoms with Crippen LogP contribution in [0.15, 0.2) is 24.3 Å². The summed E-state index contributed by atoms with van der Waals surface area (Å²) in [5.41, 5.74) is 2.99. The molecule has 3 heteroatoms. The van der Waals surface area contributed by atoms with Crippen molar-refractivity contribution in [3.63, 3.8) is 0 Å². The molecule has 1 saturated carbocycles. The summed E-state index contributed by atoms with van der Waals surface area (Å²) in [7, 11) is 3.90. The minimum atomic E-state index is 0.444. The van der Waals surface area contributed by atoms with Crippen LogP contribution in [0.2, 0.25) is 0 Å². The smallest absolute Gasteiger partial charge is 0.0589 e. The standard InChI is InChI=1S/C18H28N2O/c1-13(14-8-9-14)20(10-11-21-3)17-12-15-6-4-5-7-16(15)18(17)19-2/h4-7,13-14,17-19H,8-12H2,1-3H3. The van der Waals surface area contributed by atoms with Crippen LogP contribution in [0.5, 0.6) is 0 Å². The van der Waals surface area contributed by atoms with Gasteiger partial charge in [0.1, 0.15) is 0 Å². The molecule has 1 aromatic carbocycles. The number of likely N-dealkylation sites (N-methyl/N-ethyl adjacent to an activating group) is 1. The van der Waals surface area contributed by atoms with E-state index in [2.05, 4.69) is 48.5 Å². The van der Waals surface area contributed by atoms with Crippen molar-refractivity contribution in [3.8, 4) is 0 Å². The van der Waals surface area contributed by atoms with Crippen molar-refractivity contribution in [1.82, 2.24) is 10.2 Å². The Labute approximate surface area is 128 Å². The van der Waals surface area contributed by atoms with Crippen LogP contribution in [0.25, 0.3) is 0 Å². The molecule has 0 aliphatic heterocycles. The lowest BCUT2D eigenvalue weighted by atomic mass is 10.0. The van der Waals surface area contributed by atoms with Gasteiger partial charge in [-0.3, -0.25) is 4.90 Å². The van der Waals surface area contributed by atoms with Crippen LogP contribution < -0.4 is 5.32 Å². The number of fused-ring (bicyclic) bond motifs is 1. The van der Waals surface area contributed by atoms with E-state index in [1.165, 1.54) is 24.0 Å². The normalized spacial score (nSPS) is 26.1. The van der Waals surface area contributed by atoms with Crippen LogP contribution in [-0.2, 0) is 11.2 Å². The fourth-order valence-corrected chi connectivity index (χ4v) is 3.95. The number of methoxy groups -OCH3 is 1. The van der Waals surface area contributed by atoms with Crippen molar-refractivity contribution in [1.29, 1.82) is 0 Å². The Kier molecular flexibility index (Phi) is 4.63. The largest absolute Gasteiger partial charge is 0.383 e. The molecule has 0 radical (unpaired) electrons. The second-order valence-corrected chi connectivity index (χ2v) is 6.55. The fraction of sp³-hybridized carbons (Fsp3) is 0.667. The molecule has 2 aliphatic rings. The molecule has 21 heavy (non-hydrogen) atoms. The molecule has 2 aliphatic carbocycles. The molecule has 116 valence electrons. The van der Waals surface area contributed by atoms with Crippen molar-refractivity contribution in [3.05, 3.63) is 35.4 Å². The van der Waals surface area contributed by atoms with Gasteiger partial charge in [0.2, 0.25) is 0 Å². The van der Waals surface area contributed by atoms with Crippen molar-refractivity contribution < 1.29 is 4.74 Å². The van der Waals surface area contributed by atoms with Gasteiger partial charge in [-0.15, -0.1) is 0 Å². The van der Waals surface area contributed by atoms with Gasteiger partial charge in [-0.1, -0.05) is 24.3 Å². The Morgan fingerprint density at radius 2 is 2.10 bits per heavy atom. The molecule has 0 spiro atoms. The molecule has 0 saturated heterocycles. The van der Waals surface area contributed by atoms with Gasteiger partial charge in [0, 0.05) is 31.8 Å². The van der Waals surface area contributed by atoms with Gasteiger partial charge in [-0.05, 0) is 50.3 Å². The molecule has 0 aromatic heterocycles. The molecular formula is C18H28N2O. The second-order valence-electron chi connectivity index (χ2n) is 6.55. The Hall–Kier alpha value is -0.900. The number of benzene rings is 1. The van der Waals surface area contributed by atoms with Crippen LogP contribution in [0.3, 0.4) is 0 Å².